The van der Waals surface area contributed by atoms with Crippen molar-refractivity contribution in [3.05, 3.63) is 35.9 Å². The third kappa shape index (κ3) is 2.23. The van der Waals surface area contributed by atoms with E-state index < -0.39 is 0 Å². The van der Waals surface area contributed by atoms with Gasteiger partial charge >= 0.3 is 0 Å². The van der Waals surface area contributed by atoms with Gasteiger partial charge in [-0.3, -0.25) is 0 Å². The van der Waals surface area contributed by atoms with Crippen molar-refractivity contribution in [2.45, 2.75) is 50.5 Å². The predicted octanol–water partition coefficient (Wildman–Crippen LogP) is 3.94. The minimum atomic E-state index is 0.453. The van der Waals surface area contributed by atoms with E-state index in [-0.39, 0.29) is 0 Å². The van der Waals surface area contributed by atoms with Crippen molar-refractivity contribution >= 4 is 0 Å². The first-order valence-corrected chi connectivity index (χ1v) is 8.12. The zero-order chi connectivity index (χ0) is 12.8. The molecule has 6 unspecified atom stereocenters. The molecule has 19 heavy (non-hydrogen) atoms. The Morgan fingerprint density at radius 2 is 1.89 bits per heavy atom. The Morgan fingerprint density at radius 1 is 1.05 bits per heavy atom. The van der Waals surface area contributed by atoms with Crippen molar-refractivity contribution in [1.82, 2.24) is 0 Å². The SMILES string of the molecule is NC(CC1CC2CCC1C2)C1CC1c1ccccc1. The maximum atomic E-state index is 6.52. The van der Waals surface area contributed by atoms with E-state index in [1.165, 1.54) is 44.1 Å². The molecule has 1 aromatic rings. The summed E-state index contributed by atoms with van der Waals surface area (Å²) >= 11 is 0. The Balaban J connectivity index is 1.34. The summed E-state index contributed by atoms with van der Waals surface area (Å²) in [5, 5.41) is 0. The van der Waals surface area contributed by atoms with Gasteiger partial charge in [0.05, 0.1) is 0 Å². The van der Waals surface area contributed by atoms with Crippen LogP contribution in [0.1, 0.15) is 50.0 Å². The molecular formula is C18H25N. The van der Waals surface area contributed by atoms with Crippen molar-refractivity contribution in [2.75, 3.05) is 0 Å². The molecule has 3 fully saturated rings. The molecule has 0 amide bonds. The van der Waals surface area contributed by atoms with Gasteiger partial charge in [0, 0.05) is 6.04 Å². The van der Waals surface area contributed by atoms with Gasteiger partial charge in [-0.15, -0.1) is 0 Å². The van der Waals surface area contributed by atoms with Crippen molar-refractivity contribution in [3.63, 3.8) is 0 Å². The van der Waals surface area contributed by atoms with Gasteiger partial charge in [0.15, 0.2) is 0 Å². The molecule has 0 aromatic heterocycles. The van der Waals surface area contributed by atoms with E-state index in [4.69, 9.17) is 5.73 Å². The van der Waals surface area contributed by atoms with Gasteiger partial charge in [-0.2, -0.15) is 0 Å². The second kappa shape index (κ2) is 4.63. The van der Waals surface area contributed by atoms with Gasteiger partial charge in [0.2, 0.25) is 0 Å². The average Bonchev–Trinajstić information content (AvgIpc) is 2.99. The lowest BCUT2D eigenvalue weighted by molar-refractivity contribution is 0.285. The maximum Gasteiger partial charge on any atom is 0.00759 e. The molecule has 0 heterocycles. The van der Waals surface area contributed by atoms with Crippen molar-refractivity contribution in [2.24, 2.45) is 29.4 Å². The molecule has 0 saturated heterocycles. The zero-order valence-electron chi connectivity index (χ0n) is 11.7. The standard InChI is InChI=1S/C18H25N/c19-18(10-15-9-12-6-7-14(15)8-12)17-11-16(17)13-4-2-1-3-5-13/h1-5,12,14-18H,6-11,19H2. The molecule has 3 aliphatic rings. The van der Waals surface area contributed by atoms with Crippen LogP contribution in [-0.2, 0) is 0 Å². The molecule has 102 valence electrons. The molecule has 6 atom stereocenters. The van der Waals surface area contributed by atoms with Gasteiger partial charge in [0.25, 0.3) is 0 Å². The Bertz CT molecular complexity index is 440. The first-order chi connectivity index (χ1) is 9.31. The molecule has 0 spiro atoms. The lowest BCUT2D eigenvalue weighted by Crippen LogP contribution is -2.28. The molecule has 1 nitrogen and oxygen atoms in total. The van der Waals surface area contributed by atoms with Gasteiger partial charge in [0.1, 0.15) is 0 Å². The summed E-state index contributed by atoms with van der Waals surface area (Å²) in [5.74, 6) is 4.58. The minimum absolute atomic E-state index is 0.453. The Kier molecular flexibility index (Phi) is 2.91. The Morgan fingerprint density at radius 3 is 2.58 bits per heavy atom. The highest BCUT2D eigenvalue weighted by Gasteiger charge is 2.45. The molecule has 2 N–H and O–H groups in total. The average molecular weight is 255 g/mol. The molecule has 1 heteroatoms. The summed E-state index contributed by atoms with van der Waals surface area (Å²) in [6.45, 7) is 0. The predicted molar refractivity (Wildman–Crippen MR) is 78.8 cm³/mol. The molecule has 0 aliphatic heterocycles. The fourth-order valence-corrected chi connectivity index (χ4v) is 4.96. The van der Waals surface area contributed by atoms with E-state index in [2.05, 4.69) is 30.3 Å². The van der Waals surface area contributed by atoms with Crippen LogP contribution in [0, 0.1) is 23.7 Å². The maximum absolute atomic E-state index is 6.52. The summed E-state index contributed by atoms with van der Waals surface area (Å²) in [5.41, 5.74) is 8.03. The lowest BCUT2D eigenvalue weighted by atomic mass is 9.83. The second-order valence-electron chi connectivity index (χ2n) is 7.25. The van der Waals surface area contributed by atoms with E-state index in [1.54, 1.807) is 0 Å². The number of nitrogens with two attached hydrogens (primary N) is 1. The van der Waals surface area contributed by atoms with E-state index in [1.807, 2.05) is 0 Å². The van der Waals surface area contributed by atoms with Crippen LogP contribution in [0.5, 0.6) is 0 Å². The normalized spacial score (nSPS) is 41.4. The quantitative estimate of drug-likeness (QED) is 0.866. The van der Waals surface area contributed by atoms with Crippen LogP contribution in [0.3, 0.4) is 0 Å². The zero-order valence-corrected chi connectivity index (χ0v) is 11.7. The summed E-state index contributed by atoms with van der Waals surface area (Å²) in [7, 11) is 0. The van der Waals surface area contributed by atoms with Crippen LogP contribution in [0.25, 0.3) is 0 Å². The molecular weight excluding hydrogens is 230 g/mol. The fourth-order valence-electron chi connectivity index (χ4n) is 4.96. The second-order valence-corrected chi connectivity index (χ2v) is 7.25. The summed E-state index contributed by atoms with van der Waals surface area (Å²) < 4.78 is 0. The molecule has 4 rings (SSSR count). The highest BCUT2D eigenvalue weighted by Crippen LogP contribution is 2.54. The lowest BCUT2D eigenvalue weighted by Gasteiger charge is -2.25. The molecule has 3 saturated carbocycles. The third-order valence-corrected chi connectivity index (χ3v) is 6.08. The van der Waals surface area contributed by atoms with Crippen LogP contribution in [-0.4, -0.2) is 6.04 Å². The first-order valence-electron chi connectivity index (χ1n) is 8.12. The highest BCUT2D eigenvalue weighted by atomic mass is 14.7. The molecule has 0 radical (unpaired) electrons. The van der Waals surface area contributed by atoms with E-state index in [0.29, 0.717) is 6.04 Å². The van der Waals surface area contributed by atoms with Crippen LogP contribution in [0.2, 0.25) is 0 Å². The minimum Gasteiger partial charge on any atom is -0.327 e. The van der Waals surface area contributed by atoms with E-state index >= 15 is 0 Å². The van der Waals surface area contributed by atoms with Gasteiger partial charge in [-0.1, -0.05) is 36.8 Å². The Hall–Kier alpha value is -0.820. The van der Waals surface area contributed by atoms with E-state index in [9.17, 15) is 0 Å². The largest absolute Gasteiger partial charge is 0.327 e. The topological polar surface area (TPSA) is 26.0 Å². The number of hydrogen-bond acceptors (Lipinski definition) is 1. The van der Waals surface area contributed by atoms with E-state index in [0.717, 1.165) is 29.6 Å². The van der Waals surface area contributed by atoms with Crippen molar-refractivity contribution in [1.29, 1.82) is 0 Å². The number of hydrogen-bond donors (Lipinski definition) is 1. The molecule has 1 aromatic carbocycles. The number of fused-ring (bicyclic) bond motifs is 2. The molecule has 2 bridgehead atoms. The molecule has 3 aliphatic carbocycles. The van der Waals surface area contributed by atoms with Crippen LogP contribution in [0.4, 0.5) is 0 Å². The fraction of sp³-hybridized carbons (Fsp3) is 0.667. The van der Waals surface area contributed by atoms with Crippen LogP contribution >= 0.6 is 0 Å². The van der Waals surface area contributed by atoms with Crippen LogP contribution < -0.4 is 5.73 Å². The van der Waals surface area contributed by atoms with Crippen molar-refractivity contribution < 1.29 is 0 Å². The Labute approximate surface area is 116 Å². The van der Waals surface area contributed by atoms with Gasteiger partial charge in [-0.05, 0) is 67.3 Å². The summed E-state index contributed by atoms with van der Waals surface area (Å²) in [6, 6.07) is 11.4. The number of rotatable bonds is 4. The summed E-state index contributed by atoms with van der Waals surface area (Å²) in [4.78, 5) is 0. The van der Waals surface area contributed by atoms with Crippen molar-refractivity contribution in [3.8, 4) is 0 Å². The highest BCUT2D eigenvalue weighted by molar-refractivity contribution is 5.26. The third-order valence-electron chi connectivity index (χ3n) is 6.08. The van der Waals surface area contributed by atoms with Gasteiger partial charge < -0.3 is 5.73 Å². The monoisotopic (exact) mass is 255 g/mol. The first kappa shape index (κ1) is 12.0. The number of benzene rings is 1. The summed E-state index contributed by atoms with van der Waals surface area (Å²) in [6.07, 6.45) is 8.63. The van der Waals surface area contributed by atoms with Gasteiger partial charge in [-0.25, -0.2) is 0 Å². The van der Waals surface area contributed by atoms with Crippen LogP contribution in [0.15, 0.2) is 30.3 Å². The smallest absolute Gasteiger partial charge is 0.00759 e.